The molecule has 0 radical (unpaired) electrons. The first kappa shape index (κ1) is 16.3. The minimum absolute atomic E-state index is 0.0382. The number of carbonyl (C=O) groups excluding carboxylic acids is 1. The van der Waals surface area contributed by atoms with Gasteiger partial charge in [0.25, 0.3) is 0 Å². The first-order valence-corrected chi connectivity index (χ1v) is 8.95. The van der Waals surface area contributed by atoms with E-state index in [-0.39, 0.29) is 17.6 Å². The van der Waals surface area contributed by atoms with Crippen LogP contribution in [0.25, 0.3) is 10.6 Å². The number of nitrogens with zero attached hydrogens (tertiary/aromatic N) is 3. The Labute approximate surface area is 146 Å². The molecule has 0 aliphatic carbocycles. The Kier molecular flexibility index (Phi) is 4.91. The Balaban J connectivity index is 1.81. The van der Waals surface area contributed by atoms with Crippen molar-refractivity contribution in [3.05, 3.63) is 28.5 Å². The largest absolute Gasteiger partial charge is 0.359 e. The van der Waals surface area contributed by atoms with Crippen LogP contribution in [0, 0.1) is 11.7 Å². The van der Waals surface area contributed by atoms with Gasteiger partial charge in [0.05, 0.1) is 5.92 Å². The Morgan fingerprint density at radius 1 is 1.48 bits per heavy atom. The first-order valence-electron chi connectivity index (χ1n) is 7.34. The molecule has 1 amide bonds. The van der Waals surface area contributed by atoms with E-state index in [1.54, 1.807) is 19.2 Å². The summed E-state index contributed by atoms with van der Waals surface area (Å²) >= 11 is 4.69. The Morgan fingerprint density at radius 2 is 2.30 bits per heavy atom. The van der Waals surface area contributed by atoms with Crippen molar-refractivity contribution in [2.24, 2.45) is 5.92 Å². The molecule has 1 aliphatic heterocycles. The summed E-state index contributed by atoms with van der Waals surface area (Å²) in [6, 6.07) is 4.76. The molecule has 0 bridgehead atoms. The molecule has 1 aliphatic rings. The van der Waals surface area contributed by atoms with E-state index in [1.165, 1.54) is 17.4 Å². The van der Waals surface area contributed by atoms with E-state index in [0.29, 0.717) is 17.1 Å². The average molecular weight is 399 g/mol. The topological polar surface area (TPSA) is 58.1 Å². The number of carbonyl (C=O) groups is 1. The number of aromatic nitrogens is 2. The van der Waals surface area contributed by atoms with Crippen LogP contribution in [0.15, 0.2) is 22.7 Å². The van der Waals surface area contributed by atoms with Crippen LogP contribution in [0.1, 0.15) is 12.8 Å². The molecule has 3 rings (SSSR count). The standard InChI is InChI=1S/C15H16BrFN4OS/c1-18-13(22)9-3-2-6-21(8-9)15-20-19-14(23-15)11-7-10(16)4-5-12(11)17/h4-5,7,9H,2-3,6,8H2,1H3,(H,18,22). The molecule has 122 valence electrons. The maximum atomic E-state index is 14.0. The van der Waals surface area contributed by atoms with Crippen molar-refractivity contribution in [1.82, 2.24) is 15.5 Å². The number of benzene rings is 1. The van der Waals surface area contributed by atoms with Crippen LogP contribution in [0.3, 0.4) is 0 Å². The molecular weight excluding hydrogens is 383 g/mol. The highest BCUT2D eigenvalue weighted by atomic mass is 79.9. The van der Waals surface area contributed by atoms with Crippen molar-refractivity contribution in [3.8, 4) is 10.6 Å². The number of anilines is 1. The summed E-state index contributed by atoms with van der Waals surface area (Å²) < 4.78 is 14.8. The molecule has 1 aromatic heterocycles. The maximum absolute atomic E-state index is 14.0. The molecule has 23 heavy (non-hydrogen) atoms. The van der Waals surface area contributed by atoms with Crippen LogP contribution < -0.4 is 10.2 Å². The predicted octanol–water partition coefficient (Wildman–Crippen LogP) is 3.07. The zero-order valence-corrected chi connectivity index (χ0v) is 15.0. The Hall–Kier alpha value is -1.54. The second-order valence-electron chi connectivity index (χ2n) is 5.41. The van der Waals surface area contributed by atoms with Crippen LogP contribution in [0.2, 0.25) is 0 Å². The van der Waals surface area contributed by atoms with Gasteiger partial charge in [0.2, 0.25) is 11.0 Å². The molecule has 0 saturated carbocycles. The van der Waals surface area contributed by atoms with E-state index in [4.69, 9.17) is 0 Å². The lowest BCUT2D eigenvalue weighted by Gasteiger charge is -2.31. The lowest BCUT2D eigenvalue weighted by Crippen LogP contribution is -2.42. The summed E-state index contributed by atoms with van der Waals surface area (Å²) in [7, 11) is 1.65. The fourth-order valence-corrected chi connectivity index (χ4v) is 3.94. The van der Waals surface area contributed by atoms with Gasteiger partial charge in [-0.15, -0.1) is 10.2 Å². The van der Waals surface area contributed by atoms with Gasteiger partial charge in [-0.3, -0.25) is 4.79 Å². The van der Waals surface area contributed by atoms with E-state index in [1.807, 2.05) is 0 Å². The lowest BCUT2D eigenvalue weighted by molar-refractivity contribution is -0.124. The highest BCUT2D eigenvalue weighted by Crippen LogP contribution is 2.33. The molecule has 1 saturated heterocycles. The second-order valence-corrected chi connectivity index (χ2v) is 7.29. The smallest absolute Gasteiger partial charge is 0.224 e. The minimum atomic E-state index is -0.321. The predicted molar refractivity (Wildman–Crippen MR) is 92.0 cm³/mol. The third-order valence-electron chi connectivity index (χ3n) is 3.88. The summed E-state index contributed by atoms with van der Waals surface area (Å²) in [5.41, 5.74) is 0.433. The summed E-state index contributed by atoms with van der Waals surface area (Å²) in [5.74, 6) is -0.307. The van der Waals surface area contributed by atoms with Gasteiger partial charge >= 0.3 is 0 Å². The zero-order chi connectivity index (χ0) is 16.4. The minimum Gasteiger partial charge on any atom is -0.359 e. The van der Waals surface area contributed by atoms with Crippen molar-refractivity contribution in [2.75, 3.05) is 25.0 Å². The molecule has 1 N–H and O–H groups in total. The van der Waals surface area contributed by atoms with Crippen LogP contribution in [0.4, 0.5) is 9.52 Å². The summed E-state index contributed by atoms with van der Waals surface area (Å²) in [6.45, 7) is 1.46. The van der Waals surface area contributed by atoms with Crippen LogP contribution in [0.5, 0.6) is 0 Å². The molecule has 1 fully saturated rings. The number of nitrogens with one attached hydrogen (secondary N) is 1. The third-order valence-corrected chi connectivity index (χ3v) is 5.39. The van der Waals surface area contributed by atoms with Gasteiger partial charge < -0.3 is 10.2 Å². The number of halogens is 2. The summed E-state index contributed by atoms with van der Waals surface area (Å²) in [6.07, 6.45) is 1.81. The summed E-state index contributed by atoms with van der Waals surface area (Å²) in [4.78, 5) is 13.9. The molecule has 1 atom stereocenters. The second kappa shape index (κ2) is 6.92. The average Bonchev–Trinajstić information content (AvgIpc) is 3.06. The van der Waals surface area contributed by atoms with Gasteiger partial charge in [-0.2, -0.15) is 0 Å². The van der Waals surface area contributed by atoms with Crippen molar-refractivity contribution >= 4 is 38.3 Å². The highest BCUT2D eigenvalue weighted by molar-refractivity contribution is 9.10. The van der Waals surface area contributed by atoms with Crippen molar-refractivity contribution in [3.63, 3.8) is 0 Å². The molecule has 0 spiro atoms. The fourth-order valence-electron chi connectivity index (χ4n) is 2.68. The molecular formula is C15H16BrFN4OS. The lowest BCUT2D eigenvalue weighted by atomic mass is 9.98. The molecule has 1 aromatic carbocycles. The van der Waals surface area contributed by atoms with Gasteiger partial charge in [0, 0.05) is 30.2 Å². The van der Waals surface area contributed by atoms with E-state index in [2.05, 4.69) is 36.3 Å². The van der Waals surface area contributed by atoms with Gasteiger partial charge in [-0.05, 0) is 31.0 Å². The van der Waals surface area contributed by atoms with E-state index in [9.17, 15) is 9.18 Å². The van der Waals surface area contributed by atoms with E-state index >= 15 is 0 Å². The number of rotatable bonds is 3. The van der Waals surface area contributed by atoms with Crippen molar-refractivity contribution in [1.29, 1.82) is 0 Å². The molecule has 8 heteroatoms. The molecule has 5 nitrogen and oxygen atoms in total. The summed E-state index contributed by atoms with van der Waals surface area (Å²) in [5, 5.41) is 12.3. The number of piperidine rings is 1. The first-order chi connectivity index (χ1) is 11.1. The number of amides is 1. The van der Waals surface area contributed by atoms with Crippen molar-refractivity contribution in [2.45, 2.75) is 12.8 Å². The molecule has 2 heterocycles. The van der Waals surface area contributed by atoms with Gasteiger partial charge in [0.1, 0.15) is 5.82 Å². The van der Waals surface area contributed by atoms with E-state index < -0.39 is 0 Å². The number of hydrogen-bond acceptors (Lipinski definition) is 5. The third kappa shape index (κ3) is 3.53. The van der Waals surface area contributed by atoms with Gasteiger partial charge in [-0.1, -0.05) is 27.3 Å². The maximum Gasteiger partial charge on any atom is 0.224 e. The molecule has 1 unspecified atom stereocenters. The Morgan fingerprint density at radius 3 is 3.09 bits per heavy atom. The molecule has 2 aromatic rings. The number of hydrogen-bond donors (Lipinski definition) is 1. The van der Waals surface area contributed by atoms with Crippen LogP contribution in [-0.4, -0.2) is 36.2 Å². The zero-order valence-electron chi connectivity index (χ0n) is 12.6. The van der Waals surface area contributed by atoms with Crippen LogP contribution in [-0.2, 0) is 4.79 Å². The normalized spacial score (nSPS) is 18.0. The monoisotopic (exact) mass is 398 g/mol. The van der Waals surface area contributed by atoms with Crippen molar-refractivity contribution < 1.29 is 9.18 Å². The fraction of sp³-hybridized carbons (Fsp3) is 0.400. The van der Waals surface area contributed by atoms with Gasteiger partial charge in [0.15, 0.2) is 5.01 Å². The van der Waals surface area contributed by atoms with E-state index in [0.717, 1.165) is 29.0 Å². The quantitative estimate of drug-likeness (QED) is 0.862. The Bertz CT molecular complexity index is 723. The highest BCUT2D eigenvalue weighted by Gasteiger charge is 2.27. The SMILES string of the molecule is CNC(=O)C1CCCN(c2nnc(-c3cc(Br)ccc3F)s2)C1. The van der Waals surface area contributed by atoms with Gasteiger partial charge in [-0.25, -0.2) is 4.39 Å². The van der Waals surface area contributed by atoms with Crippen LogP contribution >= 0.6 is 27.3 Å².